The lowest BCUT2D eigenvalue weighted by Gasteiger charge is -2.15. The molecular formula is C14H23NO. The monoisotopic (exact) mass is 221 g/mol. The normalized spacial score (nSPS) is 10.4. The SMILES string of the molecule is CCOCCNc1c(CC)cccc1CC. The van der Waals surface area contributed by atoms with Crippen LogP contribution in [0.4, 0.5) is 5.69 Å². The number of ether oxygens (including phenoxy) is 1. The number of hydrogen-bond donors (Lipinski definition) is 1. The molecule has 0 aromatic heterocycles. The molecule has 0 unspecified atom stereocenters. The Hall–Kier alpha value is -1.02. The number of rotatable bonds is 7. The van der Waals surface area contributed by atoms with Crippen LogP contribution in [0.3, 0.4) is 0 Å². The van der Waals surface area contributed by atoms with Crippen molar-refractivity contribution in [2.45, 2.75) is 33.6 Å². The minimum atomic E-state index is 0.775. The Bertz CT molecular complexity index is 287. The van der Waals surface area contributed by atoms with Crippen molar-refractivity contribution >= 4 is 5.69 Å². The lowest BCUT2D eigenvalue weighted by Crippen LogP contribution is -2.12. The summed E-state index contributed by atoms with van der Waals surface area (Å²) in [5, 5.41) is 3.49. The Morgan fingerprint density at radius 3 is 2.19 bits per heavy atom. The summed E-state index contributed by atoms with van der Waals surface area (Å²) in [5.41, 5.74) is 4.11. The van der Waals surface area contributed by atoms with Crippen LogP contribution in [0.2, 0.25) is 0 Å². The third kappa shape index (κ3) is 3.53. The summed E-state index contributed by atoms with van der Waals surface area (Å²) in [5.74, 6) is 0. The Balaban J connectivity index is 2.67. The molecule has 1 aromatic carbocycles. The number of benzene rings is 1. The van der Waals surface area contributed by atoms with E-state index < -0.39 is 0 Å². The molecule has 1 rings (SSSR count). The molecule has 0 spiro atoms. The average molecular weight is 221 g/mol. The van der Waals surface area contributed by atoms with Crippen molar-refractivity contribution in [1.29, 1.82) is 0 Å². The zero-order valence-corrected chi connectivity index (χ0v) is 10.7. The van der Waals surface area contributed by atoms with Crippen LogP contribution in [0.1, 0.15) is 31.9 Å². The summed E-state index contributed by atoms with van der Waals surface area (Å²) in [7, 11) is 0. The molecule has 0 saturated heterocycles. The largest absolute Gasteiger partial charge is 0.382 e. The molecule has 90 valence electrons. The van der Waals surface area contributed by atoms with Crippen LogP contribution in [0, 0.1) is 0 Å². The maximum Gasteiger partial charge on any atom is 0.0638 e. The number of anilines is 1. The molecule has 0 aliphatic heterocycles. The van der Waals surface area contributed by atoms with E-state index >= 15 is 0 Å². The summed E-state index contributed by atoms with van der Waals surface area (Å²) in [6.45, 7) is 8.87. The lowest BCUT2D eigenvalue weighted by atomic mass is 10.0. The first-order valence-corrected chi connectivity index (χ1v) is 6.25. The molecule has 2 nitrogen and oxygen atoms in total. The molecule has 16 heavy (non-hydrogen) atoms. The van der Waals surface area contributed by atoms with Crippen molar-refractivity contribution in [3.05, 3.63) is 29.3 Å². The van der Waals surface area contributed by atoms with E-state index in [4.69, 9.17) is 4.74 Å². The second-order valence-electron chi connectivity index (χ2n) is 3.78. The molecule has 0 radical (unpaired) electrons. The summed E-state index contributed by atoms with van der Waals surface area (Å²) in [6.07, 6.45) is 2.15. The highest BCUT2D eigenvalue weighted by Crippen LogP contribution is 2.22. The molecule has 0 bridgehead atoms. The Kier molecular flexibility index (Phi) is 5.94. The first kappa shape index (κ1) is 13.0. The van der Waals surface area contributed by atoms with Crippen molar-refractivity contribution in [2.24, 2.45) is 0 Å². The Morgan fingerprint density at radius 2 is 1.69 bits per heavy atom. The maximum atomic E-state index is 5.34. The molecular weight excluding hydrogens is 198 g/mol. The van der Waals surface area contributed by atoms with E-state index in [2.05, 4.69) is 37.4 Å². The highest BCUT2D eigenvalue weighted by atomic mass is 16.5. The van der Waals surface area contributed by atoms with E-state index in [9.17, 15) is 0 Å². The summed E-state index contributed by atoms with van der Waals surface area (Å²) in [6, 6.07) is 6.54. The maximum absolute atomic E-state index is 5.34. The molecule has 0 amide bonds. The minimum Gasteiger partial charge on any atom is -0.382 e. The quantitative estimate of drug-likeness (QED) is 0.714. The molecule has 0 heterocycles. The topological polar surface area (TPSA) is 21.3 Å². The molecule has 2 heteroatoms. The van der Waals surface area contributed by atoms with Gasteiger partial charge in [0.1, 0.15) is 0 Å². The summed E-state index contributed by atoms with van der Waals surface area (Å²) >= 11 is 0. The lowest BCUT2D eigenvalue weighted by molar-refractivity contribution is 0.158. The molecule has 0 fully saturated rings. The Labute approximate surface area is 99.0 Å². The van der Waals surface area contributed by atoms with Crippen LogP contribution in [-0.2, 0) is 17.6 Å². The first-order valence-electron chi connectivity index (χ1n) is 6.25. The van der Waals surface area contributed by atoms with E-state index in [1.165, 1.54) is 16.8 Å². The predicted octanol–water partition coefficient (Wildman–Crippen LogP) is 3.26. The van der Waals surface area contributed by atoms with Crippen molar-refractivity contribution in [2.75, 3.05) is 25.1 Å². The van der Waals surface area contributed by atoms with Gasteiger partial charge in [-0.05, 0) is 30.9 Å². The second-order valence-corrected chi connectivity index (χ2v) is 3.78. The summed E-state index contributed by atoms with van der Waals surface area (Å²) < 4.78 is 5.34. The predicted molar refractivity (Wildman–Crippen MR) is 70.2 cm³/mol. The van der Waals surface area contributed by atoms with Gasteiger partial charge in [-0.2, -0.15) is 0 Å². The highest BCUT2D eigenvalue weighted by Gasteiger charge is 2.04. The van der Waals surface area contributed by atoms with Gasteiger partial charge in [0.05, 0.1) is 6.61 Å². The van der Waals surface area contributed by atoms with Crippen LogP contribution < -0.4 is 5.32 Å². The molecule has 1 N–H and O–H groups in total. The summed E-state index contributed by atoms with van der Waals surface area (Å²) in [4.78, 5) is 0. The fourth-order valence-electron chi connectivity index (χ4n) is 1.86. The smallest absolute Gasteiger partial charge is 0.0638 e. The van der Waals surface area contributed by atoms with Gasteiger partial charge in [0.2, 0.25) is 0 Å². The van der Waals surface area contributed by atoms with Crippen LogP contribution >= 0.6 is 0 Å². The van der Waals surface area contributed by atoms with Gasteiger partial charge < -0.3 is 10.1 Å². The van der Waals surface area contributed by atoms with E-state index in [0.29, 0.717) is 0 Å². The van der Waals surface area contributed by atoms with Crippen molar-refractivity contribution in [1.82, 2.24) is 0 Å². The highest BCUT2D eigenvalue weighted by molar-refractivity contribution is 5.57. The van der Waals surface area contributed by atoms with Crippen LogP contribution in [-0.4, -0.2) is 19.8 Å². The van der Waals surface area contributed by atoms with Gasteiger partial charge >= 0.3 is 0 Å². The zero-order chi connectivity index (χ0) is 11.8. The van der Waals surface area contributed by atoms with Crippen LogP contribution in [0.5, 0.6) is 0 Å². The van der Waals surface area contributed by atoms with E-state index in [-0.39, 0.29) is 0 Å². The molecule has 1 aromatic rings. The van der Waals surface area contributed by atoms with Gasteiger partial charge in [0.15, 0.2) is 0 Å². The van der Waals surface area contributed by atoms with Gasteiger partial charge in [0.25, 0.3) is 0 Å². The third-order valence-electron chi connectivity index (χ3n) is 2.75. The number of hydrogen-bond acceptors (Lipinski definition) is 2. The van der Waals surface area contributed by atoms with Gasteiger partial charge in [-0.3, -0.25) is 0 Å². The van der Waals surface area contributed by atoms with E-state index in [0.717, 1.165) is 32.6 Å². The molecule has 0 aliphatic carbocycles. The third-order valence-corrected chi connectivity index (χ3v) is 2.75. The number of nitrogens with one attached hydrogen (secondary N) is 1. The van der Waals surface area contributed by atoms with Gasteiger partial charge in [-0.1, -0.05) is 32.0 Å². The van der Waals surface area contributed by atoms with Crippen molar-refractivity contribution in [3.63, 3.8) is 0 Å². The molecule has 0 aliphatic rings. The van der Waals surface area contributed by atoms with Crippen LogP contribution in [0.25, 0.3) is 0 Å². The molecule has 0 atom stereocenters. The van der Waals surface area contributed by atoms with Crippen molar-refractivity contribution < 1.29 is 4.74 Å². The van der Waals surface area contributed by atoms with Crippen LogP contribution in [0.15, 0.2) is 18.2 Å². The number of para-hydroxylation sites is 1. The van der Waals surface area contributed by atoms with Crippen molar-refractivity contribution in [3.8, 4) is 0 Å². The van der Waals surface area contributed by atoms with Gasteiger partial charge in [-0.25, -0.2) is 0 Å². The fraction of sp³-hybridized carbons (Fsp3) is 0.571. The molecule has 0 saturated carbocycles. The Morgan fingerprint density at radius 1 is 1.06 bits per heavy atom. The van der Waals surface area contributed by atoms with E-state index in [1.54, 1.807) is 0 Å². The van der Waals surface area contributed by atoms with Gasteiger partial charge in [0, 0.05) is 18.8 Å². The number of aryl methyl sites for hydroxylation is 2. The fourth-order valence-corrected chi connectivity index (χ4v) is 1.86. The first-order chi connectivity index (χ1) is 7.83. The minimum absolute atomic E-state index is 0.775. The zero-order valence-electron chi connectivity index (χ0n) is 10.7. The average Bonchev–Trinajstić information content (AvgIpc) is 2.34. The van der Waals surface area contributed by atoms with E-state index in [1.807, 2.05) is 6.92 Å². The standard InChI is InChI=1S/C14H23NO/c1-4-12-8-7-9-13(5-2)14(12)15-10-11-16-6-3/h7-9,15H,4-6,10-11H2,1-3H3. The van der Waals surface area contributed by atoms with Gasteiger partial charge in [-0.15, -0.1) is 0 Å². The second kappa shape index (κ2) is 7.29.